The van der Waals surface area contributed by atoms with Crippen molar-refractivity contribution in [2.24, 2.45) is 11.7 Å². The van der Waals surface area contributed by atoms with Crippen LogP contribution in [0.25, 0.3) is 0 Å². The number of carbonyl (C=O) groups excluding carboxylic acids is 1. The molecule has 0 radical (unpaired) electrons. The first-order valence-electron chi connectivity index (χ1n) is 6.35. The summed E-state index contributed by atoms with van der Waals surface area (Å²) in [4.78, 5) is 13.8. The second kappa shape index (κ2) is 6.90. The molecule has 0 bridgehead atoms. The maximum Gasteiger partial charge on any atom is 0.225 e. The fourth-order valence-corrected chi connectivity index (χ4v) is 3.30. The Morgan fingerprint density at radius 2 is 1.84 bits per heavy atom. The average molecular weight is 313 g/mol. The van der Waals surface area contributed by atoms with Crippen molar-refractivity contribution >= 4 is 28.2 Å². The predicted molar refractivity (Wildman–Crippen MR) is 79.1 cm³/mol. The van der Waals surface area contributed by atoms with Gasteiger partial charge in [-0.05, 0) is 33.1 Å². The van der Waals surface area contributed by atoms with Gasteiger partial charge >= 0.3 is 0 Å². The van der Waals surface area contributed by atoms with E-state index in [9.17, 15) is 13.2 Å². The van der Waals surface area contributed by atoms with E-state index in [-0.39, 0.29) is 36.3 Å². The lowest BCUT2D eigenvalue weighted by atomic mass is 10.1. The Balaban J connectivity index is 0.00000324. The highest BCUT2D eigenvalue weighted by Crippen LogP contribution is 2.26. The lowest BCUT2D eigenvalue weighted by Crippen LogP contribution is -2.46. The number of hydrogen-bond donors (Lipinski definition) is 1. The second-order valence-electron chi connectivity index (χ2n) is 5.49. The number of halogens is 1. The van der Waals surface area contributed by atoms with Crippen molar-refractivity contribution in [3.8, 4) is 0 Å². The molecule has 114 valence electrons. The van der Waals surface area contributed by atoms with Crippen LogP contribution in [0.2, 0.25) is 0 Å². The van der Waals surface area contributed by atoms with Crippen LogP contribution in [0.5, 0.6) is 0 Å². The molecule has 1 aliphatic carbocycles. The maximum absolute atomic E-state index is 12.2. The number of nitrogens with two attached hydrogens (primary N) is 1. The zero-order valence-electron chi connectivity index (χ0n) is 12.0. The standard InChI is InChI=1S/C12H24N2O3S.ClH/c1-8(9(2)18(4,16)17)14(3)12(15)10-5-6-11(13)7-10;/h8-11H,5-7,13H2,1-4H3;1H. The van der Waals surface area contributed by atoms with Gasteiger partial charge in [0.1, 0.15) is 0 Å². The normalized spacial score (nSPS) is 26.4. The van der Waals surface area contributed by atoms with E-state index < -0.39 is 15.1 Å². The van der Waals surface area contributed by atoms with Crippen molar-refractivity contribution in [1.82, 2.24) is 4.90 Å². The van der Waals surface area contributed by atoms with Gasteiger partial charge in [0.15, 0.2) is 9.84 Å². The highest BCUT2D eigenvalue weighted by atomic mass is 35.5. The van der Waals surface area contributed by atoms with Crippen LogP contribution in [0.1, 0.15) is 33.1 Å². The zero-order valence-corrected chi connectivity index (χ0v) is 13.6. The van der Waals surface area contributed by atoms with Crippen LogP contribution in [0.3, 0.4) is 0 Å². The molecule has 4 atom stereocenters. The lowest BCUT2D eigenvalue weighted by Gasteiger charge is -2.31. The largest absolute Gasteiger partial charge is 0.342 e. The fourth-order valence-electron chi connectivity index (χ4n) is 2.40. The Bertz CT molecular complexity index is 413. The van der Waals surface area contributed by atoms with Crippen LogP contribution >= 0.6 is 12.4 Å². The van der Waals surface area contributed by atoms with Crippen LogP contribution in [0.15, 0.2) is 0 Å². The van der Waals surface area contributed by atoms with Gasteiger partial charge in [-0.2, -0.15) is 0 Å². The SMILES string of the molecule is CC(C(C)S(C)(=O)=O)N(C)C(=O)C1CCC(N)C1.Cl. The summed E-state index contributed by atoms with van der Waals surface area (Å²) in [6, 6.07) is -0.209. The molecule has 0 aliphatic heterocycles. The maximum atomic E-state index is 12.2. The summed E-state index contributed by atoms with van der Waals surface area (Å²) in [6.07, 6.45) is 3.60. The molecule has 0 aromatic carbocycles. The monoisotopic (exact) mass is 312 g/mol. The van der Waals surface area contributed by atoms with Crippen molar-refractivity contribution in [1.29, 1.82) is 0 Å². The minimum absolute atomic E-state index is 0. The number of nitrogens with zero attached hydrogens (tertiary/aromatic N) is 1. The van der Waals surface area contributed by atoms with E-state index in [0.717, 1.165) is 12.8 Å². The van der Waals surface area contributed by atoms with Crippen LogP contribution in [0, 0.1) is 5.92 Å². The molecule has 0 saturated heterocycles. The summed E-state index contributed by atoms with van der Waals surface area (Å²) in [5, 5.41) is -0.554. The van der Waals surface area contributed by atoms with Crippen LogP contribution < -0.4 is 5.73 Å². The summed E-state index contributed by atoms with van der Waals surface area (Å²) in [7, 11) is -1.45. The van der Waals surface area contributed by atoms with Gasteiger partial charge < -0.3 is 10.6 Å². The van der Waals surface area contributed by atoms with Crippen molar-refractivity contribution in [3.05, 3.63) is 0 Å². The fraction of sp³-hybridized carbons (Fsp3) is 0.917. The molecule has 5 nitrogen and oxygen atoms in total. The molecule has 0 aromatic rings. The number of sulfone groups is 1. The molecule has 0 aromatic heterocycles. The van der Waals surface area contributed by atoms with E-state index in [2.05, 4.69) is 0 Å². The van der Waals surface area contributed by atoms with Gasteiger partial charge in [0.2, 0.25) is 5.91 Å². The number of carbonyl (C=O) groups is 1. The summed E-state index contributed by atoms with van der Waals surface area (Å²) >= 11 is 0. The summed E-state index contributed by atoms with van der Waals surface area (Å²) in [5.41, 5.74) is 5.80. The molecule has 19 heavy (non-hydrogen) atoms. The Labute approximate surface area is 122 Å². The Morgan fingerprint density at radius 3 is 2.21 bits per heavy atom. The van der Waals surface area contributed by atoms with Crippen molar-refractivity contribution in [3.63, 3.8) is 0 Å². The topological polar surface area (TPSA) is 80.5 Å². The van der Waals surface area contributed by atoms with Crippen molar-refractivity contribution in [2.45, 2.75) is 50.4 Å². The Kier molecular flexibility index (Phi) is 6.78. The molecular formula is C12H25ClN2O3S. The van der Waals surface area contributed by atoms with E-state index in [1.807, 2.05) is 0 Å². The molecule has 1 saturated carbocycles. The summed E-state index contributed by atoms with van der Waals surface area (Å²) in [5.74, 6) is -0.0230. The van der Waals surface area contributed by atoms with E-state index in [4.69, 9.17) is 5.73 Å². The van der Waals surface area contributed by atoms with Crippen LogP contribution in [0.4, 0.5) is 0 Å². The molecule has 1 rings (SSSR count). The van der Waals surface area contributed by atoms with Crippen LogP contribution in [-0.4, -0.2) is 49.9 Å². The Hall–Kier alpha value is -0.330. The van der Waals surface area contributed by atoms with Gasteiger partial charge in [0, 0.05) is 31.3 Å². The van der Waals surface area contributed by atoms with Crippen molar-refractivity contribution < 1.29 is 13.2 Å². The van der Waals surface area contributed by atoms with Crippen LogP contribution in [-0.2, 0) is 14.6 Å². The molecule has 0 spiro atoms. The van der Waals surface area contributed by atoms with E-state index in [1.54, 1.807) is 25.8 Å². The molecule has 4 unspecified atom stereocenters. The van der Waals surface area contributed by atoms with Gasteiger partial charge in [-0.3, -0.25) is 4.79 Å². The highest BCUT2D eigenvalue weighted by molar-refractivity contribution is 7.91. The van der Waals surface area contributed by atoms with E-state index in [0.29, 0.717) is 6.42 Å². The molecule has 7 heteroatoms. The number of amides is 1. The predicted octanol–water partition coefficient (Wildman–Crippen LogP) is 0.816. The van der Waals surface area contributed by atoms with Gasteiger partial charge in [0.05, 0.1) is 5.25 Å². The summed E-state index contributed by atoms with van der Waals surface area (Å²) < 4.78 is 23.0. The molecule has 1 aliphatic rings. The molecule has 1 amide bonds. The third-order valence-electron chi connectivity index (χ3n) is 4.14. The third-order valence-corrected chi connectivity index (χ3v) is 5.88. The number of hydrogen-bond acceptors (Lipinski definition) is 4. The Morgan fingerprint density at radius 1 is 1.32 bits per heavy atom. The minimum Gasteiger partial charge on any atom is -0.342 e. The molecule has 1 fully saturated rings. The summed E-state index contributed by atoms with van der Waals surface area (Å²) in [6.45, 7) is 3.42. The average Bonchev–Trinajstić information content (AvgIpc) is 2.70. The molecular weight excluding hydrogens is 288 g/mol. The first-order valence-corrected chi connectivity index (χ1v) is 8.31. The smallest absolute Gasteiger partial charge is 0.225 e. The molecule has 2 N–H and O–H groups in total. The minimum atomic E-state index is -3.13. The lowest BCUT2D eigenvalue weighted by molar-refractivity contribution is -0.135. The molecule has 0 heterocycles. The van der Waals surface area contributed by atoms with Gasteiger partial charge in [-0.1, -0.05) is 0 Å². The highest BCUT2D eigenvalue weighted by Gasteiger charge is 2.34. The van der Waals surface area contributed by atoms with Gasteiger partial charge in [-0.25, -0.2) is 8.42 Å². The first kappa shape index (κ1) is 18.7. The third kappa shape index (κ3) is 4.61. The van der Waals surface area contributed by atoms with E-state index >= 15 is 0 Å². The van der Waals surface area contributed by atoms with E-state index in [1.165, 1.54) is 6.26 Å². The van der Waals surface area contributed by atoms with Gasteiger partial charge in [-0.15, -0.1) is 12.4 Å². The first-order chi connectivity index (χ1) is 8.14. The van der Waals surface area contributed by atoms with Gasteiger partial charge in [0.25, 0.3) is 0 Å². The van der Waals surface area contributed by atoms with Crippen molar-refractivity contribution in [2.75, 3.05) is 13.3 Å². The second-order valence-corrected chi connectivity index (χ2v) is 7.90. The quantitative estimate of drug-likeness (QED) is 0.833. The number of rotatable bonds is 4. The zero-order chi connectivity index (χ0) is 14.1.